The molecule has 0 unspecified atom stereocenters. The van der Waals surface area contributed by atoms with Gasteiger partial charge in [0, 0.05) is 6.54 Å². The lowest BCUT2D eigenvalue weighted by atomic mass is 9.83. The van der Waals surface area contributed by atoms with Crippen molar-refractivity contribution in [2.24, 2.45) is 0 Å². The highest BCUT2D eigenvalue weighted by atomic mass is 16.6. The Labute approximate surface area is 159 Å². The Hall–Kier alpha value is -2.89. The van der Waals surface area contributed by atoms with E-state index in [1.807, 2.05) is 50.2 Å². The van der Waals surface area contributed by atoms with Gasteiger partial charge in [-0.05, 0) is 49.2 Å². The van der Waals surface area contributed by atoms with Crippen LogP contribution < -0.4 is 24.3 Å². The van der Waals surface area contributed by atoms with Crippen LogP contribution in [0.1, 0.15) is 25.0 Å². The van der Waals surface area contributed by atoms with E-state index in [1.165, 1.54) is 0 Å². The molecule has 3 rings (SSSR count). The normalized spacial score (nSPS) is 13.0. The minimum Gasteiger partial charge on any atom is -0.493 e. The summed E-state index contributed by atoms with van der Waals surface area (Å²) in [4.78, 5) is 12.8. The standard InChI is InChI=1S/C21H25NO5/c1-21(2,15-6-8-17-19(12-15)27-10-9-26-17)20(23)22-13-14-5-7-16(24-3)18(11-14)25-4/h5-8,11-12H,9-10,13H2,1-4H3,(H,22,23). The van der Waals surface area contributed by atoms with Crippen LogP contribution in [0.4, 0.5) is 0 Å². The lowest BCUT2D eigenvalue weighted by Crippen LogP contribution is -2.39. The molecule has 1 heterocycles. The van der Waals surface area contributed by atoms with E-state index in [1.54, 1.807) is 14.2 Å². The first-order chi connectivity index (χ1) is 13.0. The molecule has 6 heteroatoms. The number of nitrogens with one attached hydrogen (secondary N) is 1. The molecule has 0 bridgehead atoms. The number of amides is 1. The third kappa shape index (κ3) is 3.94. The van der Waals surface area contributed by atoms with E-state index in [-0.39, 0.29) is 5.91 Å². The molecule has 1 aliphatic heterocycles. The average molecular weight is 371 g/mol. The molecule has 1 amide bonds. The van der Waals surface area contributed by atoms with Crippen molar-refractivity contribution in [1.82, 2.24) is 5.32 Å². The summed E-state index contributed by atoms with van der Waals surface area (Å²) >= 11 is 0. The Morgan fingerprint density at radius 3 is 2.41 bits per heavy atom. The van der Waals surface area contributed by atoms with E-state index in [0.717, 1.165) is 11.1 Å². The molecule has 2 aromatic rings. The van der Waals surface area contributed by atoms with Crippen LogP contribution in [0.2, 0.25) is 0 Å². The summed E-state index contributed by atoms with van der Waals surface area (Å²) in [6.07, 6.45) is 0. The zero-order chi connectivity index (χ0) is 19.4. The van der Waals surface area contributed by atoms with Gasteiger partial charge < -0.3 is 24.3 Å². The van der Waals surface area contributed by atoms with E-state index in [4.69, 9.17) is 18.9 Å². The topological polar surface area (TPSA) is 66.0 Å². The van der Waals surface area contributed by atoms with Crippen molar-refractivity contribution < 1.29 is 23.7 Å². The predicted octanol–water partition coefficient (Wildman–Crippen LogP) is 3.07. The highest BCUT2D eigenvalue weighted by Gasteiger charge is 2.31. The molecule has 0 aliphatic carbocycles. The van der Waals surface area contributed by atoms with E-state index >= 15 is 0 Å². The van der Waals surface area contributed by atoms with Crippen molar-refractivity contribution >= 4 is 5.91 Å². The highest BCUT2D eigenvalue weighted by molar-refractivity contribution is 5.87. The third-order valence-corrected chi connectivity index (χ3v) is 4.73. The van der Waals surface area contributed by atoms with Crippen molar-refractivity contribution in [3.8, 4) is 23.0 Å². The van der Waals surface area contributed by atoms with E-state index in [0.29, 0.717) is 42.8 Å². The Kier molecular flexibility index (Phi) is 5.44. The number of carbonyl (C=O) groups excluding carboxylic acids is 1. The van der Waals surface area contributed by atoms with Gasteiger partial charge in [0.25, 0.3) is 0 Å². The van der Waals surface area contributed by atoms with E-state index < -0.39 is 5.41 Å². The fraction of sp³-hybridized carbons (Fsp3) is 0.381. The predicted molar refractivity (Wildman–Crippen MR) is 102 cm³/mol. The van der Waals surface area contributed by atoms with Crippen LogP contribution in [-0.2, 0) is 16.8 Å². The lowest BCUT2D eigenvalue weighted by molar-refractivity contribution is -0.125. The Morgan fingerprint density at radius 2 is 1.70 bits per heavy atom. The molecular weight excluding hydrogens is 346 g/mol. The maximum atomic E-state index is 12.8. The van der Waals surface area contributed by atoms with Crippen molar-refractivity contribution in [2.75, 3.05) is 27.4 Å². The summed E-state index contributed by atoms with van der Waals surface area (Å²) < 4.78 is 21.7. The van der Waals surface area contributed by atoms with Gasteiger partial charge in [0.15, 0.2) is 23.0 Å². The van der Waals surface area contributed by atoms with Gasteiger partial charge in [0.1, 0.15) is 13.2 Å². The smallest absolute Gasteiger partial charge is 0.230 e. The van der Waals surface area contributed by atoms with Crippen molar-refractivity contribution in [3.05, 3.63) is 47.5 Å². The first kappa shape index (κ1) is 18.9. The van der Waals surface area contributed by atoms with Gasteiger partial charge >= 0.3 is 0 Å². The highest BCUT2D eigenvalue weighted by Crippen LogP contribution is 2.35. The maximum Gasteiger partial charge on any atom is 0.230 e. The molecule has 144 valence electrons. The minimum absolute atomic E-state index is 0.0750. The molecule has 27 heavy (non-hydrogen) atoms. The summed E-state index contributed by atoms with van der Waals surface area (Å²) in [6.45, 7) is 5.24. The minimum atomic E-state index is -0.716. The van der Waals surface area contributed by atoms with Gasteiger partial charge in [0.05, 0.1) is 19.6 Å². The van der Waals surface area contributed by atoms with Crippen LogP contribution >= 0.6 is 0 Å². The molecule has 0 radical (unpaired) electrons. The molecule has 2 aromatic carbocycles. The van der Waals surface area contributed by atoms with Crippen LogP contribution in [-0.4, -0.2) is 33.3 Å². The largest absolute Gasteiger partial charge is 0.493 e. The zero-order valence-corrected chi connectivity index (χ0v) is 16.1. The second-order valence-electron chi connectivity index (χ2n) is 6.86. The summed E-state index contributed by atoms with van der Waals surface area (Å²) in [6, 6.07) is 11.2. The number of benzene rings is 2. The fourth-order valence-electron chi connectivity index (χ4n) is 2.96. The molecule has 0 saturated heterocycles. The van der Waals surface area contributed by atoms with Crippen LogP contribution in [0.25, 0.3) is 0 Å². The van der Waals surface area contributed by atoms with Gasteiger partial charge in [-0.2, -0.15) is 0 Å². The summed E-state index contributed by atoms with van der Waals surface area (Å²) in [5.41, 5.74) is 1.09. The average Bonchev–Trinajstić information content (AvgIpc) is 2.71. The fourth-order valence-corrected chi connectivity index (χ4v) is 2.96. The first-order valence-electron chi connectivity index (χ1n) is 8.85. The maximum absolute atomic E-state index is 12.8. The Balaban J connectivity index is 1.71. The van der Waals surface area contributed by atoms with Gasteiger partial charge in [-0.25, -0.2) is 0 Å². The molecule has 0 spiro atoms. The molecule has 1 N–H and O–H groups in total. The van der Waals surface area contributed by atoms with Crippen LogP contribution in [0.3, 0.4) is 0 Å². The monoisotopic (exact) mass is 371 g/mol. The van der Waals surface area contributed by atoms with Gasteiger partial charge in [-0.3, -0.25) is 4.79 Å². The SMILES string of the molecule is COc1ccc(CNC(=O)C(C)(C)c2ccc3c(c2)OCCO3)cc1OC. The molecular formula is C21H25NO5. The lowest BCUT2D eigenvalue weighted by Gasteiger charge is -2.26. The van der Waals surface area contributed by atoms with Crippen molar-refractivity contribution in [2.45, 2.75) is 25.8 Å². The molecule has 6 nitrogen and oxygen atoms in total. The number of methoxy groups -OCH3 is 2. The van der Waals surface area contributed by atoms with E-state index in [9.17, 15) is 4.79 Å². The number of ether oxygens (including phenoxy) is 4. The van der Waals surface area contributed by atoms with Crippen molar-refractivity contribution in [1.29, 1.82) is 0 Å². The first-order valence-corrected chi connectivity index (χ1v) is 8.85. The summed E-state index contributed by atoms with van der Waals surface area (Å²) in [5.74, 6) is 2.61. The van der Waals surface area contributed by atoms with Gasteiger partial charge in [0.2, 0.25) is 5.91 Å². The van der Waals surface area contributed by atoms with Gasteiger partial charge in [-0.15, -0.1) is 0 Å². The van der Waals surface area contributed by atoms with E-state index in [2.05, 4.69) is 5.32 Å². The molecule has 1 aliphatic rings. The van der Waals surface area contributed by atoms with Crippen LogP contribution in [0.15, 0.2) is 36.4 Å². The molecule has 0 aromatic heterocycles. The van der Waals surface area contributed by atoms with Crippen LogP contribution in [0.5, 0.6) is 23.0 Å². The quantitative estimate of drug-likeness (QED) is 0.845. The number of hydrogen-bond donors (Lipinski definition) is 1. The zero-order valence-electron chi connectivity index (χ0n) is 16.1. The summed E-state index contributed by atoms with van der Waals surface area (Å²) in [5, 5.41) is 3.00. The number of carbonyl (C=O) groups is 1. The number of rotatable bonds is 6. The Morgan fingerprint density at radius 1 is 1.00 bits per heavy atom. The van der Waals surface area contributed by atoms with Gasteiger partial charge in [-0.1, -0.05) is 12.1 Å². The molecule has 0 atom stereocenters. The molecule has 0 fully saturated rings. The summed E-state index contributed by atoms with van der Waals surface area (Å²) in [7, 11) is 3.18. The van der Waals surface area contributed by atoms with Crippen LogP contribution in [0, 0.1) is 0 Å². The molecule has 0 saturated carbocycles. The third-order valence-electron chi connectivity index (χ3n) is 4.73. The number of hydrogen-bond acceptors (Lipinski definition) is 5. The second-order valence-corrected chi connectivity index (χ2v) is 6.86. The number of fused-ring (bicyclic) bond motifs is 1. The second kappa shape index (κ2) is 7.78. The Bertz CT molecular complexity index is 831. The van der Waals surface area contributed by atoms with Crippen molar-refractivity contribution in [3.63, 3.8) is 0 Å².